The summed E-state index contributed by atoms with van der Waals surface area (Å²) in [6.07, 6.45) is 3.58. The normalized spacial score (nSPS) is 17.4. The lowest BCUT2D eigenvalue weighted by atomic mass is 10.0. The molecule has 0 aliphatic carbocycles. The van der Waals surface area contributed by atoms with Gasteiger partial charge in [0, 0.05) is 19.6 Å². The average Bonchev–Trinajstić information content (AvgIpc) is 2.67. The van der Waals surface area contributed by atoms with Crippen LogP contribution < -0.4 is 5.32 Å². The minimum atomic E-state index is 0.132. The number of hydrogen-bond donors (Lipinski definition) is 1. The maximum Gasteiger partial charge on any atom is 0.220 e. The van der Waals surface area contributed by atoms with E-state index >= 15 is 0 Å². The molecule has 3 nitrogen and oxygen atoms in total. The largest absolute Gasteiger partial charge is 0.381 e. The first-order chi connectivity index (χ1) is 11.8. The molecule has 0 radical (unpaired) electrons. The topological polar surface area (TPSA) is 38.3 Å². The summed E-state index contributed by atoms with van der Waals surface area (Å²) in [5.41, 5.74) is 3.63. The van der Waals surface area contributed by atoms with Gasteiger partial charge in [-0.1, -0.05) is 54.6 Å². The van der Waals surface area contributed by atoms with Crippen LogP contribution in [0, 0.1) is 5.92 Å². The monoisotopic (exact) mass is 323 g/mol. The van der Waals surface area contributed by atoms with Crippen LogP contribution in [0.4, 0.5) is 0 Å². The number of carbonyl (C=O) groups excluding carboxylic acids is 1. The Hall–Kier alpha value is -2.13. The van der Waals surface area contributed by atoms with Crippen LogP contribution >= 0.6 is 0 Å². The standard InChI is InChI=1S/C21H25NO2/c23-21(22-15-18-5-4-14-24-16-18)13-10-17-8-11-20(12-9-17)19-6-2-1-3-7-19/h1-3,6-9,11-12,18H,4-5,10,13-16H2,(H,22,23)/t18-/m0/s1. The zero-order valence-corrected chi connectivity index (χ0v) is 14.0. The Balaban J connectivity index is 1.43. The molecule has 3 rings (SSSR count). The van der Waals surface area contributed by atoms with Crippen LogP contribution in [0.5, 0.6) is 0 Å². The molecular weight excluding hydrogens is 298 g/mol. The highest BCUT2D eigenvalue weighted by atomic mass is 16.5. The van der Waals surface area contributed by atoms with Gasteiger partial charge in [0.05, 0.1) is 6.61 Å². The molecule has 0 bridgehead atoms. The Morgan fingerprint density at radius 2 is 1.79 bits per heavy atom. The number of benzene rings is 2. The lowest BCUT2D eigenvalue weighted by Gasteiger charge is -2.22. The number of carbonyl (C=O) groups is 1. The van der Waals surface area contributed by atoms with Gasteiger partial charge < -0.3 is 10.1 Å². The lowest BCUT2D eigenvalue weighted by molar-refractivity contribution is -0.121. The third-order valence-corrected chi connectivity index (χ3v) is 4.54. The van der Waals surface area contributed by atoms with E-state index in [9.17, 15) is 4.79 Å². The van der Waals surface area contributed by atoms with Gasteiger partial charge in [0.2, 0.25) is 5.91 Å². The van der Waals surface area contributed by atoms with Gasteiger partial charge in [-0.2, -0.15) is 0 Å². The van der Waals surface area contributed by atoms with Gasteiger partial charge >= 0.3 is 0 Å². The zero-order chi connectivity index (χ0) is 16.6. The van der Waals surface area contributed by atoms with Gasteiger partial charge in [0.1, 0.15) is 0 Å². The van der Waals surface area contributed by atoms with Crippen molar-refractivity contribution in [2.24, 2.45) is 5.92 Å². The van der Waals surface area contributed by atoms with E-state index in [4.69, 9.17) is 4.74 Å². The Morgan fingerprint density at radius 1 is 1.04 bits per heavy atom. The molecule has 2 aromatic rings. The minimum Gasteiger partial charge on any atom is -0.381 e. The molecule has 3 heteroatoms. The third-order valence-electron chi connectivity index (χ3n) is 4.54. The predicted octanol–water partition coefficient (Wildman–Crippen LogP) is 3.83. The van der Waals surface area contributed by atoms with Gasteiger partial charge in [0.15, 0.2) is 0 Å². The highest BCUT2D eigenvalue weighted by Gasteiger charge is 2.14. The summed E-state index contributed by atoms with van der Waals surface area (Å²) in [6.45, 7) is 2.39. The molecule has 0 spiro atoms. The van der Waals surface area contributed by atoms with Crippen molar-refractivity contribution < 1.29 is 9.53 Å². The molecule has 2 aromatic carbocycles. The van der Waals surface area contributed by atoms with Crippen LogP contribution in [0.2, 0.25) is 0 Å². The Bertz CT molecular complexity index is 631. The molecule has 1 heterocycles. The van der Waals surface area contributed by atoms with Crippen LogP contribution in [0.3, 0.4) is 0 Å². The lowest BCUT2D eigenvalue weighted by Crippen LogP contribution is -2.33. The summed E-state index contributed by atoms with van der Waals surface area (Å²) < 4.78 is 5.44. The first-order valence-corrected chi connectivity index (χ1v) is 8.80. The van der Waals surface area contributed by atoms with Crippen molar-refractivity contribution in [1.82, 2.24) is 5.32 Å². The van der Waals surface area contributed by atoms with Crippen molar-refractivity contribution in [3.05, 3.63) is 60.2 Å². The maximum atomic E-state index is 12.0. The fraction of sp³-hybridized carbons (Fsp3) is 0.381. The molecule has 1 fully saturated rings. The molecule has 1 aliphatic heterocycles. The number of ether oxygens (including phenoxy) is 1. The second-order valence-electron chi connectivity index (χ2n) is 6.45. The van der Waals surface area contributed by atoms with E-state index in [-0.39, 0.29) is 5.91 Å². The summed E-state index contributed by atoms with van der Waals surface area (Å²) in [6, 6.07) is 18.8. The smallest absolute Gasteiger partial charge is 0.220 e. The number of amides is 1. The first kappa shape index (κ1) is 16.7. The molecule has 0 unspecified atom stereocenters. The van der Waals surface area contributed by atoms with Gasteiger partial charge in [-0.3, -0.25) is 4.79 Å². The molecule has 0 saturated carbocycles. The zero-order valence-electron chi connectivity index (χ0n) is 14.0. The van der Waals surface area contributed by atoms with Crippen molar-refractivity contribution in [2.45, 2.75) is 25.7 Å². The van der Waals surface area contributed by atoms with Gasteiger partial charge in [0.25, 0.3) is 0 Å². The van der Waals surface area contributed by atoms with Crippen LogP contribution in [0.15, 0.2) is 54.6 Å². The van der Waals surface area contributed by atoms with Gasteiger partial charge in [-0.05, 0) is 41.9 Å². The maximum absolute atomic E-state index is 12.0. The van der Waals surface area contributed by atoms with E-state index in [1.807, 2.05) is 18.2 Å². The van der Waals surface area contributed by atoms with Crippen molar-refractivity contribution in [3.63, 3.8) is 0 Å². The fourth-order valence-electron chi connectivity index (χ4n) is 3.07. The third kappa shape index (κ3) is 4.93. The molecule has 1 N–H and O–H groups in total. The van der Waals surface area contributed by atoms with Gasteiger partial charge in [-0.25, -0.2) is 0 Å². The Kier molecular flexibility index (Phi) is 6.02. The van der Waals surface area contributed by atoms with E-state index in [0.717, 1.165) is 39.0 Å². The van der Waals surface area contributed by atoms with Gasteiger partial charge in [-0.15, -0.1) is 0 Å². The van der Waals surface area contributed by atoms with Crippen molar-refractivity contribution in [2.75, 3.05) is 19.8 Å². The van der Waals surface area contributed by atoms with Crippen molar-refractivity contribution in [3.8, 4) is 11.1 Å². The molecule has 1 atom stereocenters. The van der Waals surface area contributed by atoms with Crippen molar-refractivity contribution in [1.29, 1.82) is 0 Å². The highest BCUT2D eigenvalue weighted by molar-refractivity contribution is 5.76. The summed E-state index contributed by atoms with van der Waals surface area (Å²) in [4.78, 5) is 12.0. The Morgan fingerprint density at radius 3 is 2.50 bits per heavy atom. The molecule has 1 saturated heterocycles. The summed E-state index contributed by atoms with van der Waals surface area (Å²) in [5, 5.41) is 3.04. The summed E-state index contributed by atoms with van der Waals surface area (Å²) in [7, 11) is 0. The molecule has 0 aromatic heterocycles. The molecular formula is C21H25NO2. The van der Waals surface area contributed by atoms with E-state index in [2.05, 4.69) is 41.7 Å². The number of hydrogen-bond acceptors (Lipinski definition) is 2. The second-order valence-corrected chi connectivity index (χ2v) is 6.45. The van der Waals surface area contributed by atoms with Crippen LogP contribution in [0.1, 0.15) is 24.8 Å². The number of nitrogens with one attached hydrogen (secondary N) is 1. The first-order valence-electron chi connectivity index (χ1n) is 8.80. The Labute approximate surface area is 144 Å². The number of rotatable bonds is 6. The van der Waals surface area contributed by atoms with Crippen LogP contribution in [0.25, 0.3) is 11.1 Å². The highest BCUT2D eigenvalue weighted by Crippen LogP contribution is 2.19. The summed E-state index contributed by atoms with van der Waals surface area (Å²) in [5.74, 6) is 0.612. The molecule has 1 aliphatic rings. The molecule has 24 heavy (non-hydrogen) atoms. The number of aryl methyl sites for hydroxylation is 1. The van der Waals surface area contributed by atoms with Crippen molar-refractivity contribution >= 4 is 5.91 Å². The van der Waals surface area contributed by atoms with Crippen LogP contribution in [-0.4, -0.2) is 25.7 Å². The quantitative estimate of drug-likeness (QED) is 0.877. The fourth-order valence-corrected chi connectivity index (χ4v) is 3.07. The second kappa shape index (κ2) is 8.65. The van der Waals surface area contributed by atoms with E-state index in [1.165, 1.54) is 16.7 Å². The molecule has 1 amide bonds. The van der Waals surface area contributed by atoms with E-state index in [0.29, 0.717) is 12.3 Å². The predicted molar refractivity (Wildman–Crippen MR) is 96.8 cm³/mol. The SMILES string of the molecule is O=C(CCc1ccc(-c2ccccc2)cc1)NC[C@@H]1CCCOC1. The van der Waals surface area contributed by atoms with Crippen LogP contribution in [-0.2, 0) is 16.0 Å². The minimum absolute atomic E-state index is 0.132. The molecule has 126 valence electrons. The van der Waals surface area contributed by atoms with E-state index in [1.54, 1.807) is 0 Å². The average molecular weight is 323 g/mol. The summed E-state index contributed by atoms with van der Waals surface area (Å²) >= 11 is 0. The van der Waals surface area contributed by atoms with E-state index < -0.39 is 0 Å².